The van der Waals surface area contributed by atoms with E-state index in [1.54, 1.807) is 0 Å². The number of carbonyl (C=O) groups excluding carboxylic acids is 1. The van der Waals surface area contributed by atoms with Crippen LogP contribution in [0.3, 0.4) is 0 Å². The van der Waals surface area contributed by atoms with Crippen molar-refractivity contribution in [1.82, 2.24) is 26.4 Å². The second-order valence-corrected chi connectivity index (χ2v) is 7.97. The third-order valence-electron chi connectivity index (χ3n) is 6.35. The molecule has 4 aliphatic rings. The highest BCUT2D eigenvalue weighted by Crippen LogP contribution is 2.26. The number of quaternary nitrogens is 1. The fourth-order valence-electron chi connectivity index (χ4n) is 5.02. The lowest BCUT2D eigenvalue weighted by Crippen LogP contribution is -3.15. The largest absolute Gasteiger partial charge is 0.436 e. The highest BCUT2D eigenvalue weighted by molar-refractivity contribution is 5.81. The van der Waals surface area contributed by atoms with E-state index >= 15 is 0 Å². The van der Waals surface area contributed by atoms with E-state index in [0.717, 1.165) is 32.5 Å². The molecule has 4 heterocycles. The van der Waals surface area contributed by atoms with Crippen LogP contribution in [0.5, 0.6) is 0 Å². The number of hydrazine groups is 1. The van der Waals surface area contributed by atoms with Crippen LogP contribution in [0.4, 0.5) is 4.39 Å². The topological polar surface area (TPSA) is 113 Å². The van der Waals surface area contributed by atoms with Crippen LogP contribution in [0, 0.1) is 11.8 Å². The second-order valence-electron chi connectivity index (χ2n) is 7.97. The number of fused-ring (bicyclic) bond motifs is 1. The van der Waals surface area contributed by atoms with E-state index in [0.29, 0.717) is 17.0 Å². The Morgan fingerprint density at radius 1 is 1.35 bits per heavy atom. The Bertz CT molecular complexity index is 524. The highest BCUT2D eigenvalue weighted by atomic mass is 19.1. The van der Waals surface area contributed by atoms with E-state index in [1.165, 1.54) is 0 Å². The molecule has 4 aliphatic heterocycles. The third-order valence-corrected chi connectivity index (χ3v) is 6.35. The predicted octanol–water partition coefficient (Wildman–Crippen LogP) is -3.35. The van der Waals surface area contributed by atoms with Gasteiger partial charge in [-0.25, -0.2) is 9.40 Å². The van der Waals surface area contributed by atoms with Gasteiger partial charge < -0.3 is 26.8 Å². The summed E-state index contributed by atoms with van der Waals surface area (Å²) in [5.74, 6) is -0.134. The molecule has 1 amide bonds. The molecule has 148 valence electrons. The summed E-state index contributed by atoms with van der Waals surface area (Å²) in [5.41, 5.74) is 13.8. The molecule has 0 saturated carbocycles. The molecule has 4 fully saturated rings. The average molecular weight is 370 g/mol. The fourth-order valence-corrected chi connectivity index (χ4v) is 5.02. The van der Waals surface area contributed by atoms with E-state index in [4.69, 9.17) is 5.73 Å². The first-order chi connectivity index (χ1) is 12.5. The fraction of sp³-hybridized carbons (Fsp3) is 0.938. The van der Waals surface area contributed by atoms with Crippen LogP contribution in [-0.4, -0.2) is 81.3 Å². The number of nitrogens with one attached hydrogen (secondary N) is 5. The van der Waals surface area contributed by atoms with Crippen molar-refractivity contribution in [2.75, 3.05) is 39.8 Å². The van der Waals surface area contributed by atoms with E-state index in [1.807, 2.05) is 0 Å². The van der Waals surface area contributed by atoms with Gasteiger partial charge in [0, 0.05) is 38.8 Å². The summed E-state index contributed by atoms with van der Waals surface area (Å²) in [5, 5.41) is 12.6. The predicted molar refractivity (Wildman–Crippen MR) is 94.4 cm³/mol. The molecule has 0 radical (unpaired) electrons. The van der Waals surface area contributed by atoms with Crippen LogP contribution in [0.15, 0.2) is 0 Å². The molecule has 8 unspecified atom stereocenters. The van der Waals surface area contributed by atoms with Crippen molar-refractivity contribution in [3.05, 3.63) is 5.43 Å². The minimum atomic E-state index is -0.948. The summed E-state index contributed by atoms with van der Waals surface area (Å²) >= 11 is 0. The second kappa shape index (κ2) is 7.63. The number of rotatable bonds is 3. The number of hydrogen-bond donors (Lipinski definition) is 6. The van der Waals surface area contributed by atoms with Crippen molar-refractivity contribution < 1.29 is 14.2 Å². The van der Waals surface area contributed by atoms with Gasteiger partial charge >= 0.3 is 0 Å². The van der Waals surface area contributed by atoms with Gasteiger partial charge in [0.1, 0.15) is 18.6 Å². The number of halogens is 1. The molecule has 8 atom stereocenters. The first kappa shape index (κ1) is 18.5. The molecule has 9 nitrogen and oxygen atoms in total. The van der Waals surface area contributed by atoms with Gasteiger partial charge in [-0.15, -0.1) is 0 Å². The molecule has 10 heteroatoms. The summed E-state index contributed by atoms with van der Waals surface area (Å²) in [4.78, 5) is 13.0. The monoisotopic (exact) mass is 370 g/mol. The molecule has 0 aromatic carbocycles. The van der Waals surface area contributed by atoms with Crippen LogP contribution in [0.2, 0.25) is 0 Å². The Morgan fingerprint density at radius 2 is 2.19 bits per heavy atom. The SMILES string of the molecule is CN1NCCC1C1CCNCC1NC(=O)C1C(N)[N-][NH+]2CC(F)CNC12. The lowest BCUT2D eigenvalue weighted by molar-refractivity contribution is -0.891. The highest BCUT2D eigenvalue weighted by Gasteiger charge is 2.46. The maximum absolute atomic E-state index is 13.6. The molecular weight excluding hydrogens is 339 g/mol. The van der Waals surface area contributed by atoms with Crippen LogP contribution < -0.4 is 32.1 Å². The number of nitrogens with two attached hydrogens (primary N) is 1. The van der Waals surface area contributed by atoms with E-state index in [9.17, 15) is 9.18 Å². The Balaban J connectivity index is 1.42. The Labute approximate surface area is 153 Å². The summed E-state index contributed by atoms with van der Waals surface area (Å²) in [7, 11) is 2.07. The minimum Gasteiger partial charge on any atom is -0.436 e. The quantitative estimate of drug-likeness (QED) is 0.310. The molecule has 26 heavy (non-hydrogen) atoms. The lowest BCUT2D eigenvalue weighted by Gasteiger charge is -2.40. The van der Waals surface area contributed by atoms with Crippen molar-refractivity contribution in [2.24, 2.45) is 17.6 Å². The van der Waals surface area contributed by atoms with E-state index < -0.39 is 18.3 Å². The summed E-state index contributed by atoms with van der Waals surface area (Å²) < 4.78 is 13.6. The molecule has 0 aromatic heterocycles. The summed E-state index contributed by atoms with van der Waals surface area (Å²) in [6.45, 7) is 3.25. The maximum Gasteiger partial charge on any atom is 0.230 e. The first-order valence-electron chi connectivity index (χ1n) is 9.71. The van der Waals surface area contributed by atoms with Gasteiger partial charge in [-0.3, -0.25) is 15.5 Å². The van der Waals surface area contributed by atoms with E-state index in [-0.39, 0.29) is 31.2 Å². The van der Waals surface area contributed by atoms with Crippen molar-refractivity contribution >= 4 is 5.91 Å². The summed E-state index contributed by atoms with van der Waals surface area (Å²) in [6, 6.07) is 0.490. The van der Waals surface area contributed by atoms with Crippen LogP contribution >= 0.6 is 0 Å². The molecule has 4 rings (SSSR count). The van der Waals surface area contributed by atoms with Gasteiger partial charge in [0.25, 0.3) is 0 Å². The molecular formula is C16H31FN8O. The smallest absolute Gasteiger partial charge is 0.230 e. The van der Waals surface area contributed by atoms with Crippen molar-refractivity contribution in [1.29, 1.82) is 0 Å². The first-order valence-corrected chi connectivity index (χ1v) is 9.71. The van der Waals surface area contributed by atoms with Crippen LogP contribution in [0.25, 0.3) is 5.43 Å². The summed E-state index contributed by atoms with van der Waals surface area (Å²) in [6.07, 6.45) is 0.342. The number of hydrogen-bond acceptors (Lipinski definition) is 6. The molecule has 0 bridgehead atoms. The third kappa shape index (κ3) is 3.47. The van der Waals surface area contributed by atoms with Crippen molar-refractivity contribution in [3.8, 4) is 0 Å². The minimum absolute atomic E-state index is 0.0670. The van der Waals surface area contributed by atoms with Gasteiger partial charge in [0.2, 0.25) is 5.91 Å². The zero-order valence-corrected chi connectivity index (χ0v) is 15.2. The lowest BCUT2D eigenvalue weighted by atomic mass is 9.84. The van der Waals surface area contributed by atoms with E-state index in [2.05, 4.69) is 38.9 Å². The van der Waals surface area contributed by atoms with Gasteiger partial charge in [-0.1, -0.05) is 0 Å². The van der Waals surface area contributed by atoms with Crippen molar-refractivity contribution in [2.45, 2.75) is 43.4 Å². The van der Waals surface area contributed by atoms with Crippen molar-refractivity contribution in [3.63, 3.8) is 0 Å². The molecule has 0 aromatic rings. The molecule has 0 aliphatic carbocycles. The number of carbonyl (C=O) groups is 1. The maximum atomic E-state index is 13.6. The van der Waals surface area contributed by atoms with Crippen LogP contribution in [0.1, 0.15) is 12.8 Å². The van der Waals surface area contributed by atoms with Gasteiger partial charge in [0.05, 0.1) is 0 Å². The zero-order valence-electron chi connectivity index (χ0n) is 15.2. The van der Waals surface area contributed by atoms with Gasteiger partial charge in [-0.05, 0) is 31.5 Å². The molecule has 7 N–H and O–H groups in total. The standard InChI is InChI=1S/C16H31FN8O/c1-24-12(3-5-21-24)10-2-4-19-7-11(10)22-16(26)13-14(18)23-25-8-9(17)6-20-15(13)25/h9-15,19-21,25H,2-8,18H2,1H3,(H,22,26). The van der Waals surface area contributed by atoms with Crippen LogP contribution in [-0.2, 0) is 4.79 Å². The number of alkyl halides is 1. The number of piperidine rings is 1. The van der Waals surface area contributed by atoms with Gasteiger partial charge in [0.15, 0.2) is 6.17 Å². The zero-order chi connectivity index (χ0) is 18.3. The normalized spacial score (nSPS) is 46.9. The number of nitrogens with zero attached hydrogens (tertiary/aromatic N) is 2. The molecule has 4 saturated heterocycles. The number of amides is 1. The van der Waals surface area contributed by atoms with Gasteiger partial charge in [-0.2, -0.15) is 0 Å². The Hall–Kier alpha value is -0.880. The Morgan fingerprint density at radius 3 is 2.96 bits per heavy atom. The Kier molecular flexibility index (Phi) is 5.42. The molecule has 0 spiro atoms. The average Bonchev–Trinajstić information content (AvgIpc) is 3.17.